The van der Waals surface area contributed by atoms with Crippen LogP contribution < -0.4 is 4.72 Å². The number of nitrogens with zero attached hydrogens (tertiary/aromatic N) is 4. The Labute approximate surface area is 190 Å². The van der Waals surface area contributed by atoms with Gasteiger partial charge in [-0.25, -0.2) is 18.4 Å². The van der Waals surface area contributed by atoms with Crippen LogP contribution in [-0.2, 0) is 10.0 Å². The molecule has 0 atom stereocenters. The minimum atomic E-state index is -3.95. The number of nitrogens with one attached hydrogen (secondary N) is 1. The molecule has 0 aliphatic heterocycles. The lowest BCUT2D eigenvalue weighted by Crippen LogP contribution is -2.20. The molecule has 1 aliphatic rings. The van der Waals surface area contributed by atoms with Crippen molar-refractivity contribution >= 4 is 49.6 Å². The van der Waals surface area contributed by atoms with E-state index in [0.717, 1.165) is 32.1 Å². The Hall–Kier alpha value is -3.15. The second-order valence-electron chi connectivity index (χ2n) is 7.94. The van der Waals surface area contributed by atoms with Crippen molar-refractivity contribution in [2.75, 3.05) is 4.72 Å². The molecule has 0 unspecified atom stereocenters. The minimum Gasteiger partial charge on any atom is -0.306 e. The first-order chi connectivity index (χ1) is 15.5. The van der Waals surface area contributed by atoms with Gasteiger partial charge < -0.3 is 4.57 Å². The highest BCUT2D eigenvalue weighted by molar-refractivity contribution is 7.92. The van der Waals surface area contributed by atoms with E-state index in [1.165, 1.54) is 24.3 Å². The van der Waals surface area contributed by atoms with Crippen molar-refractivity contribution in [1.82, 2.24) is 14.5 Å². The van der Waals surface area contributed by atoms with Gasteiger partial charge in [-0.3, -0.25) is 4.72 Å². The molecular weight excluding hydrogens is 446 g/mol. The van der Waals surface area contributed by atoms with Gasteiger partial charge in [0.25, 0.3) is 10.0 Å². The van der Waals surface area contributed by atoms with Gasteiger partial charge in [0, 0.05) is 11.1 Å². The highest BCUT2D eigenvalue weighted by atomic mass is 35.5. The predicted molar refractivity (Wildman–Crippen MR) is 124 cm³/mol. The summed E-state index contributed by atoms with van der Waals surface area (Å²) in [4.78, 5) is 9.54. The maximum atomic E-state index is 13.2. The summed E-state index contributed by atoms with van der Waals surface area (Å²) < 4.78 is 31.0. The van der Waals surface area contributed by atoms with Crippen LogP contribution in [0.2, 0.25) is 5.02 Å². The van der Waals surface area contributed by atoms with Gasteiger partial charge in [0.05, 0.1) is 15.9 Å². The number of para-hydroxylation sites is 2. The Bertz CT molecular complexity index is 1470. The van der Waals surface area contributed by atoms with Gasteiger partial charge in [-0.15, -0.1) is 0 Å². The van der Waals surface area contributed by atoms with Gasteiger partial charge in [-0.1, -0.05) is 43.0 Å². The number of fused-ring (bicyclic) bond motifs is 2. The molecule has 9 heteroatoms. The van der Waals surface area contributed by atoms with Crippen LogP contribution in [-0.4, -0.2) is 23.0 Å². The Kier molecular flexibility index (Phi) is 5.24. The van der Waals surface area contributed by atoms with E-state index in [9.17, 15) is 13.7 Å². The van der Waals surface area contributed by atoms with E-state index >= 15 is 0 Å². The molecule has 1 aliphatic carbocycles. The molecule has 1 fully saturated rings. The van der Waals surface area contributed by atoms with Crippen molar-refractivity contribution < 1.29 is 8.42 Å². The number of aromatic nitrogens is 3. The molecule has 0 amide bonds. The highest BCUT2D eigenvalue weighted by Crippen LogP contribution is 2.38. The van der Waals surface area contributed by atoms with Crippen LogP contribution in [0.3, 0.4) is 0 Å². The Morgan fingerprint density at radius 3 is 2.31 bits per heavy atom. The third-order valence-corrected chi connectivity index (χ3v) is 7.51. The monoisotopic (exact) mass is 465 g/mol. The second-order valence-corrected chi connectivity index (χ2v) is 10.1. The standard InChI is InChI=1S/C23H20ClN5O2S/c24-15-10-12-17(13-11-15)32(30,31)28-22-18(14-25)21-23(29(22)16-6-2-1-3-7-16)27-20-9-5-4-8-19(20)26-21/h4-5,8-13,16,28H,1-3,6-7H2. The largest absolute Gasteiger partial charge is 0.306 e. The predicted octanol–water partition coefficient (Wildman–Crippen LogP) is 5.42. The SMILES string of the molecule is N#Cc1c(NS(=O)(=O)c2ccc(Cl)cc2)n(C2CCCCC2)c2nc3ccccc3nc12. The number of rotatable bonds is 4. The fourth-order valence-corrected chi connectivity index (χ4v) is 5.56. The van der Waals surface area contributed by atoms with Crippen LogP contribution in [0, 0.1) is 11.3 Å². The van der Waals surface area contributed by atoms with Gasteiger partial charge >= 0.3 is 0 Å². The highest BCUT2D eigenvalue weighted by Gasteiger charge is 2.29. The van der Waals surface area contributed by atoms with E-state index in [4.69, 9.17) is 16.6 Å². The third kappa shape index (κ3) is 3.57. The molecule has 1 saturated carbocycles. The zero-order valence-electron chi connectivity index (χ0n) is 17.1. The smallest absolute Gasteiger partial charge is 0.263 e. The van der Waals surface area contributed by atoms with Crippen molar-refractivity contribution in [3.8, 4) is 6.07 Å². The molecule has 32 heavy (non-hydrogen) atoms. The van der Waals surface area contributed by atoms with Crippen LogP contribution in [0.5, 0.6) is 0 Å². The molecule has 2 aromatic carbocycles. The summed E-state index contributed by atoms with van der Waals surface area (Å²) in [5.41, 5.74) is 2.48. The van der Waals surface area contributed by atoms with Crippen LogP contribution in [0.25, 0.3) is 22.2 Å². The summed E-state index contributed by atoms with van der Waals surface area (Å²) in [7, 11) is -3.95. The number of sulfonamides is 1. The number of hydrogen-bond donors (Lipinski definition) is 1. The van der Waals surface area contributed by atoms with Gasteiger partial charge in [-0.2, -0.15) is 5.26 Å². The minimum absolute atomic E-state index is 0.0340. The number of halogens is 1. The fourth-order valence-electron chi connectivity index (χ4n) is 4.37. The molecular formula is C23H20ClN5O2S. The zero-order chi connectivity index (χ0) is 22.3. The number of nitriles is 1. The maximum absolute atomic E-state index is 13.2. The molecule has 2 aromatic heterocycles. The Morgan fingerprint density at radius 1 is 1.00 bits per heavy atom. The van der Waals surface area contributed by atoms with Crippen molar-refractivity contribution in [1.29, 1.82) is 5.26 Å². The van der Waals surface area contributed by atoms with E-state index in [-0.39, 0.29) is 22.3 Å². The maximum Gasteiger partial charge on any atom is 0.263 e. The van der Waals surface area contributed by atoms with Crippen molar-refractivity contribution in [3.63, 3.8) is 0 Å². The van der Waals surface area contributed by atoms with Gasteiger partial charge in [0.2, 0.25) is 0 Å². The topological polar surface area (TPSA) is 101 Å². The third-order valence-electron chi connectivity index (χ3n) is 5.90. The summed E-state index contributed by atoms with van der Waals surface area (Å²) in [6.45, 7) is 0. The Balaban J connectivity index is 1.75. The van der Waals surface area contributed by atoms with E-state index in [1.54, 1.807) is 0 Å². The van der Waals surface area contributed by atoms with E-state index in [1.807, 2.05) is 28.8 Å². The first-order valence-corrected chi connectivity index (χ1v) is 12.3. The number of hydrogen-bond acceptors (Lipinski definition) is 5. The molecule has 4 aromatic rings. The van der Waals surface area contributed by atoms with Gasteiger partial charge in [-0.05, 0) is 49.2 Å². The fraction of sp³-hybridized carbons (Fsp3) is 0.261. The summed E-state index contributed by atoms with van der Waals surface area (Å²) in [5.74, 6) is 0.222. The van der Waals surface area contributed by atoms with E-state index in [2.05, 4.69) is 15.8 Å². The van der Waals surface area contributed by atoms with E-state index < -0.39 is 10.0 Å². The molecule has 0 bridgehead atoms. The molecule has 1 N–H and O–H groups in total. The average Bonchev–Trinajstić information content (AvgIpc) is 3.09. The van der Waals surface area contributed by atoms with E-state index in [0.29, 0.717) is 27.2 Å². The molecule has 162 valence electrons. The molecule has 0 saturated heterocycles. The molecule has 5 rings (SSSR count). The zero-order valence-corrected chi connectivity index (χ0v) is 18.7. The normalized spacial score (nSPS) is 15.1. The Morgan fingerprint density at radius 2 is 1.66 bits per heavy atom. The molecule has 0 spiro atoms. The molecule has 0 radical (unpaired) electrons. The second kappa shape index (κ2) is 8.08. The summed E-state index contributed by atoms with van der Waals surface area (Å²) >= 11 is 5.92. The summed E-state index contributed by atoms with van der Waals surface area (Å²) in [6.07, 6.45) is 4.99. The quantitative estimate of drug-likeness (QED) is 0.434. The molecule has 7 nitrogen and oxygen atoms in total. The lowest BCUT2D eigenvalue weighted by molar-refractivity contribution is 0.362. The van der Waals surface area contributed by atoms with Gasteiger partial charge in [0.1, 0.15) is 23.0 Å². The van der Waals surface area contributed by atoms with Gasteiger partial charge in [0.15, 0.2) is 5.65 Å². The van der Waals surface area contributed by atoms with Crippen LogP contribution in [0.15, 0.2) is 53.4 Å². The van der Waals surface area contributed by atoms with Crippen LogP contribution in [0.1, 0.15) is 43.7 Å². The first-order valence-electron chi connectivity index (χ1n) is 10.5. The van der Waals surface area contributed by atoms with Crippen LogP contribution in [0.4, 0.5) is 5.82 Å². The summed E-state index contributed by atoms with van der Waals surface area (Å²) in [5, 5.41) is 10.5. The number of anilines is 1. The molecule has 2 heterocycles. The first kappa shape index (κ1) is 20.7. The lowest BCUT2D eigenvalue weighted by Gasteiger charge is -2.26. The number of benzene rings is 2. The van der Waals surface area contributed by atoms with Crippen molar-refractivity contribution in [2.45, 2.75) is 43.0 Å². The average molecular weight is 466 g/mol. The van der Waals surface area contributed by atoms with Crippen molar-refractivity contribution in [2.24, 2.45) is 0 Å². The van der Waals surface area contributed by atoms with Crippen LogP contribution >= 0.6 is 11.6 Å². The summed E-state index contributed by atoms with van der Waals surface area (Å²) in [6, 6.07) is 15.6. The lowest BCUT2D eigenvalue weighted by atomic mass is 9.95. The van der Waals surface area contributed by atoms with Crippen molar-refractivity contribution in [3.05, 3.63) is 59.1 Å².